The van der Waals surface area contributed by atoms with Crippen molar-refractivity contribution in [2.75, 3.05) is 29.6 Å². The van der Waals surface area contributed by atoms with Crippen LogP contribution in [-0.2, 0) is 28.4 Å². The van der Waals surface area contributed by atoms with Gasteiger partial charge in [-0.1, -0.05) is 12.1 Å². The number of rotatable bonds is 6. The molecule has 35 heavy (non-hydrogen) atoms. The van der Waals surface area contributed by atoms with Crippen LogP contribution in [0.1, 0.15) is 29.5 Å². The summed E-state index contributed by atoms with van der Waals surface area (Å²) in [5.74, 6) is -1.31. The molecule has 2 N–H and O–H groups in total. The maximum absolute atomic E-state index is 13.1. The second kappa shape index (κ2) is 10.8. The molecule has 12 heteroatoms. The SMILES string of the molecule is O=C(CCl)Nc1cc(C(F)(F)F)ccc1NC1CCN(C(=O)Cc2ccc(C(F)(F)F)cc2)CC1. The highest BCUT2D eigenvalue weighted by Crippen LogP contribution is 2.35. The molecular formula is C23H22ClF6N3O2. The molecule has 2 aromatic rings. The van der Waals surface area contributed by atoms with Crippen molar-refractivity contribution in [3.05, 3.63) is 59.2 Å². The van der Waals surface area contributed by atoms with Gasteiger partial charge in [-0.2, -0.15) is 26.3 Å². The summed E-state index contributed by atoms with van der Waals surface area (Å²) in [4.78, 5) is 25.8. The third kappa shape index (κ3) is 7.27. The number of anilines is 2. The Morgan fingerprint density at radius 2 is 1.46 bits per heavy atom. The summed E-state index contributed by atoms with van der Waals surface area (Å²) in [6.07, 6.45) is -8.09. The number of halogens is 7. The van der Waals surface area contributed by atoms with Crippen LogP contribution in [0.25, 0.3) is 0 Å². The summed E-state index contributed by atoms with van der Waals surface area (Å²) in [5, 5.41) is 5.48. The van der Waals surface area contributed by atoms with E-state index in [1.807, 2.05) is 0 Å². The van der Waals surface area contributed by atoms with E-state index >= 15 is 0 Å². The fourth-order valence-electron chi connectivity index (χ4n) is 3.72. The molecule has 1 aliphatic heterocycles. The lowest BCUT2D eigenvalue weighted by molar-refractivity contribution is -0.138. The Morgan fingerprint density at radius 1 is 0.886 bits per heavy atom. The molecule has 0 saturated carbocycles. The smallest absolute Gasteiger partial charge is 0.380 e. The van der Waals surface area contributed by atoms with Gasteiger partial charge in [0.05, 0.1) is 28.9 Å². The second-order valence-corrected chi connectivity index (χ2v) is 8.38. The van der Waals surface area contributed by atoms with E-state index in [9.17, 15) is 35.9 Å². The first-order valence-electron chi connectivity index (χ1n) is 10.6. The normalized spacial score (nSPS) is 15.1. The summed E-state index contributed by atoms with van der Waals surface area (Å²) in [5.41, 5.74) is -0.993. The number of benzene rings is 2. The molecule has 1 saturated heterocycles. The maximum atomic E-state index is 13.1. The monoisotopic (exact) mass is 521 g/mol. The van der Waals surface area contributed by atoms with Gasteiger partial charge in [0.25, 0.3) is 0 Å². The standard InChI is InChI=1S/C23H22ClF6N3O2/c24-13-20(34)32-19-12-16(23(28,29)30)5-6-18(19)31-17-7-9-33(10-8-17)21(35)11-14-1-3-15(4-2-14)22(25,26)27/h1-6,12,17,31H,7-11,13H2,(H,32,34). The number of alkyl halides is 7. The molecule has 3 rings (SSSR count). The number of hydrogen-bond donors (Lipinski definition) is 2. The van der Waals surface area contributed by atoms with E-state index < -0.39 is 35.3 Å². The van der Waals surface area contributed by atoms with Crippen molar-refractivity contribution in [2.45, 2.75) is 37.7 Å². The Balaban J connectivity index is 1.59. The minimum absolute atomic E-state index is 0.0380. The zero-order valence-electron chi connectivity index (χ0n) is 18.3. The Hall–Kier alpha value is -2.95. The molecule has 0 unspecified atom stereocenters. The molecule has 1 aliphatic rings. The topological polar surface area (TPSA) is 61.4 Å². The minimum atomic E-state index is -4.59. The minimum Gasteiger partial charge on any atom is -0.380 e. The molecular weight excluding hydrogens is 500 g/mol. The zero-order chi connectivity index (χ0) is 25.8. The maximum Gasteiger partial charge on any atom is 0.416 e. The summed E-state index contributed by atoms with van der Waals surface area (Å²) >= 11 is 5.47. The van der Waals surface area contributed by atoms with Crippen LogP contribution in [-0.4, -0.2) is 41.7 Å². The van der Waals surface area contributed by atoms with Crippen molar-refractivity contribution in [2.24, 2.45) is 0 Å². The molecule has 0 bridgehead atoms. The quantitative estimate of drug-likeness (QED) is 0.387. The van der Waals surface area contributed by atoms with Crippen LogP contribution in [0.15, 0.2) is 42.5 Å². The number of piperidine rings is 1. The third-order valence-corrected chi connectivity index (χ3v) is 5.83. The van der Waals surface area contributed by atoms with Crippen LogP contribution >= 0.6 is 11.6 Å². The van der Waals surface area contributed by atoms with E-state index in [0.717, 1.165) is 24.3 Å². The fourth-order valence-corrected chi connectivity index (χ4v) is 3.79. The molecule has 2 aromatic carbocycles. The largest absolute Gasteiger partial charge is 0.416 e. The zero-order valence-corrected chi connectivity index (χ0v) is 19.0. The molecule has 0 radical (unpaired) electrons. The summed E-state index contributed by atoms with van der Waals surface area (Å²) in [6.45, 7) is 0.724. The number of nitrogens with one attached hydrogen (secondary N) is 2. The summed E-state index contributed by atoms with van der Waals surface area (Å²) < 4.78 is 77.3. The van der Waals surface area contributed by atoms with Gasteiger partial charge < -0.3 is 15.5 Å². The first kappa shape index (κ1) is 26.7. The third-order valence-electron chi connectivity index (χ3n) is 5.59. The molecule has 0 aliphatic carbocycles. The molecule has 5 nitrogen and oxygen atoms in total. The molecule has 1 fully saturated rings. The molecule has 1 heterocycles. The van der Waals surface area contributed by atoms with Crippen LogP contribution in [0, 0.1) is 0 Å². The van der Waals surface area contributed by atoms with Gasteiger partial charge in [0.1, 0.15) is 5.88 Å². The predicted octanol–water partition coefficient (Wildman–Crippen LogP) is 5.55. The van der Waals surface area contributed by atoms with Crippen molar-refractivity contribution in [3.8, 4) is 0 Å². The molecule has 0 atom stereocenters. The number of carbonyl (C=O) groups excluding carboxylic acids is 2. The van der Waals surface area contributed by atoms with Gasteiger partial charge in [0.2, 0.25) is 11.8 Å². The van der Waals surface area contributed by atoms with Gasteiger partial charge in [0.15, 0.2) is 0 Å². The fraction of sp³-hybridized carbons (Fsp3) is 0.391. The van der Waals surface area contributed by atoms with Crippen LogP contribution in [0.2, 0.25) is 0 Å². The number of likely N-dealkylation sites (tertiary alicyclic amines) is 1. The van der Waals surface area contributed by atoms with Gasteiger partial charge in [-0.05, 0) is 48.7 Å². The van der Waals surface area contributed by atoms with Crippen molar-refractivity contribution in [3.63, 3.8) is 0 Å². The van der Waals surface area contributed by atoms with Crippen LogP contribution < -0.4 is 10.6 Å². The van der Waals surface area contributed by atoms with Gasteiger partial charge >= 0.3 is 12.4 Å². The van der Waals surface area contributed by atoms with E-state index in [0.29, 0.717) is 37.2 Å². The van der Waals surface area contributed by atoms with Gasteiger partial charge in [-0.15, -0.1) is 11.6 Å². The summed E-state index contributed by atoms with van der Waals surface area (Å²) in [6, 6.07) is 7.21. The average molecular weight is 522 g/mol. The number of hydrogen-bond acceptors (Lipinski definition) is 3. The highest BCUT2D eigenvalue weighted by atomic mass is 35.5. The average Bonchev–Trinajstić information content (AvgIpc) is 2.79. The lowest BCUT2D eigenvalue weighted by atomic mass is 10.0. The van der Waals surface area contributed by atoms with Gasteiger partial charge in [-0.3, -0.25) is 9.59 Å². The van der Waals surface area contributed by atoms with Crippen LogP contribution in [0.5, 0.6) is 0 Å². The molecule has 2 amide bonds. The van der Waals surface area contributed by atoms with Crippen molar-refractivity contribution >= 4 is 34.8 Å². The van der Waals surface area contributed by atoms with Crippen molar-refractivity contribution in [1.82, 2.24) is 4.90 Å². The number of carbonyl (C=O) groups is 2. The summed E-state index contributed by atoms with van der Waals surface area (Å²) in [7, 11) is 0. The lowest BCUT2D eigenvalue weighted by Crippen LogP contribution is -2.43. The highest BCUT2D eigenvalue weighted by molar-refractivity contribution is 6.29. The predicted molar refractivity (Wildman–Crippen MR) is 119 cm³/mol. The Kier molecular flexibility index (Phi) is 8.19. The molecule has 0 spiro atoms. The van der Waals surface area contributed by atoms with Crippen LogP contribution in [0.3, 0.4) is 0 Å². The molecule has 0 aromatic heterocycles. The number of amides is 2. The Bertz CT molecular complexity index is 1050. The first-order chi connectivity index (χ1) is 16.4. The van der Waals surface area contributed by atoms with Crippen molar-refractivity contribution in [1.29, 1.82) is 0 Å². The van der Waals surface area contributed by atoms with Crippen molar-refractivity contribution < 1.29 is 35.9 Å². The Morgan fingerprint density at radius 3 is 2.00 bits per heavy atom. The first-order valence-corrected chi connectivity index (χ1v) is 11.2. The van der Waals surface area contributed by atoms with E-state index in [1.54, 1.807) is 4.90 Å². The van der Waals surface area contributed by atoms with Gasteiger partial charge in [0, 0.05) is 19.1 Å². The van der Waals surface area contributed by atoms with E-state index in [4.69, 9.17) is 11.6 Å². The number of nitrogens with zero attached hydrogens (tertiary/aromatic N) is 1. The van der Waals surface area contributed by atoms with E-state index in [-0.39, 0.29) is 24.1 Å². The highest BCUT2D eigenvalue weighted by Gasteiger charge is 2.32. The van der Waals surface area contributed by atoms with E-state index in [2.05, 4.69) is 10.6 Å². The molecule has 190 valence electrons. The van der Waals surface area contributed by atoms with E-state index in [1.165, 1.54) is 18.2 Å². The Labute approximate surface area is 202 Å². The lowest BCUT2D eigenvalue weighted by Gasteiger charge is -2.33. The van der Waals surface area contributed by atoms with Gasteiger partial charge in [-0.25, -0.2) is 0 Å². The second-order valence-electron chi connectivity index (χ2n) is 8.11. The van der Waals surface area contributed by atoms with Crippen LogP contribution in [0.4, 0.5) is 37.7 Å².